The van der Waals surface area contributed by atoms with Gasteiger partial charge in [-0.3, -0.25) is 4.79 Å². The van der Waals surface area contributed by atoms with Crippen molar-refractivity contribution in [3.8, 4) is 5.75 Å². The number of para-hydroxylation sites is 2. The van der Waals surface area contributed by atoms with Crippen LogP contribution in [0.5, 0.6) is 5.75 Å². The number of amides is 1. The van der Waals surface area contributed by atoms with Gasteiger partial charge in [0.05, 0.1) is 10.2 Å². The second-order valence-electron chi connectivity index (χ2n) is 6.27. The van der Waals surface area contributed by atoms with Crippen LogP contribution in [0.25, 0.3) is 22.4 Å². The number of fused-ring (bicyclic) bond motifs is 1. The van der Waals surface area contributed by atoms with Gasteiger partial charge in [-0.2, -0.15) is 0 Å². The van der Waals surface area contributed by atoms with Crippen molar-refractivity contribution >= 4 is 39.6 Å². The molecule has 1 aliphatic rings. The van der Waals surface area contributed by atoms with E-state index in [-0.39, 0.29) is 12.5 Å². The molecule has 2 heterocycles. The molecule has 0 atom stereocenters. The van der Waals surface area contributed by atoms with Crippen molar-refractivity contribution in [1.29, 1.82) is 0 Å². The summed E-state index contributed by atoms with van der Waals surface area (Å²) >= 11 is 1.66. The van der Waals surface area contributed by atoms with Gasteiger partial charge in [0, 0.05) is 18.7 Å². The van der Waals surface area contributed by atoms with Gasteiger partial charge in [0.25, 0.3) is 5.91 Å². The number of ether oxygens (including phenoxy) is 1. The lowest BCUT2D eigenvalue weighted by molar-refractivity contribution is -0.132. The third-order valence-electron chi connectivity index (χ3n) is 4.44. The Labute approximate surface area is 156 Å². The van der Waals surface area contributed by atoms with Crippen LogP contribution in [0.4, 0.5) is 0 Å². The van der Waals surface area contributed by atoms with Crippen LogP contribution >= 0.6 is 11.3 Å². The lowest BCUT2D eigenvalue weighted by Gasteiger charge is -2.16. The van der Waals surface area contributed by atoms with Crippen LogP contribution in [0.15, 0.2) is 48.5 Å². The lowest BCUT2D eigenvalue weighted by atomic mass is 10.2. The summed E-state index contributed by atoms with van der Waals surface area (Å²) in [7, 11) is 0. The highest BCUT2D eigenvalue weighted by atomic mass is 32.1. The molecule has 0 bridgehead atoms. The smallest absolute Gasteiger partial charge is 0.260 e. The summed E-state index contributed by atoms with van der Waals surface area (Å²) in [5, 5.41) is 0.953. The molecule has 5 heteroatoms. The van der Waals surface area contributed by atoms with Crippen LogP contribution in [0.1, 0.15) is 23.4 Å². The predicted octanol–water partition coefficient (Wildman–Crippen LogP) is 4.47. The third kappa shape index (κ3) is 3.78. The first-order valence-electron chi connectivity index (χ1n) is 8.83. The number of nitrogens with zero attached hydrogens (tertiary/aromatic N) is 2. The van der Waals surface area contributed by atoms with Crippen molar-refractivity contribution in [2.24, 2.45) is 0 Å². The zero-order valence-electron chi connectivity index (χ0n) is 14.4. The maximum absolute atomic E-state index is 12.2. The summed E-state index contributed by atoms with van der Waals surface area (Å²) in [6, 6.07) is 15.9. The number of rotatable bonds is 5. The van der Waals surface area contributed by atoms with E-state index in [1.807, 2.05) is 59.5 Å². The van der Waals surface area contributed by atoms with Crippen LogP contribution in [0.2, 0.25) is 0 Å². The maximum Gasteiger partial charge on any atom is 0.260 e. The normalized spacial score (nSPS) is 14.4. The standard InChI is InChI=1S/C21H20N2O2S/c24-21(23-13-5-6-14-23)15-25-18-9-3-1-7-16(18)11-12-20-22-17-8-2-4-10-19(17)26-20/h1-4,7-12H,5-6,13-15H2. The molecule has 1 amide bonds. The molecule has 1 aromatic heterocycles. The summed E-state index contributed by atoms with van der Waals surface area (Å²) in [6.45, 7) is 1.79. The minimum atomic E-state index is 0.0625. The number of carbonyl (C=O) groups excluding carboxylic acids is 1. The molecule has 2 aromatic carbocycles. The number of likely N-dealkylation sites (tertiary alicyclic amines) is 1. The monoisotopic (exact) mass is 364 g/mol. The van der Waals surface area contributed by atoms with E-state index in [4.69, 9.17) is 4.74 Å². The molecule has 1 saturated heterocycles. The summed E-state index contributed by atoms with van der Waals surface area (Å²) < 4.78 is 6.97. The van der Waals surface area contributed by atoms with E-state index in [1.54, 1.807) is 11.3 Å². The lowest BCUT2D eigenvalue weighted by Crippen LogP contribution is -2.32. The van der Waals surface area contributed by atoms with E-state index in [0.717, 1.165) is 47.8 Å². The van der Waals surface area contributed by atoms with Gasteiger partial charge in [-0.15, -0.1) is 11.3 Å². The number of hydrogen-bond donors (Lipinski definition) is 0. The summed E-state index contributed by atoms with van der Waals surface area (Å²) in [4.78, 5) is 18.7. The fourth-order valence-corrected chi connectivity index (χ4v) is 3.94. The highest BCUT2D eigenvalue weighted by molar-refractivity contribution is 7.19. The second-order valence-corrected chi connectivity index (χ2v) is 7.33. The van der Waals surface area contributed by atoms with Crippen molar-refractivity contribution in [2.45, 2.75) is 12.8 Å². The Balaban J connectivity index is 1.47. The fraction of sp³-hybridized carbons (Fsp3) is 0.238. The van der Waals surface area contributed by atoms with Gasteiger partial charge in [-0.05, 0) is 43.2 Å². The molecule has 3 aromatic rings. The molecule has 0 N–H and O–H groups in total. The van der Waals surface area contributed by atoms with Gasteiger partial charge in [-0.25, -0.2) is 4.98 Å². The average Bonchev–Trinajstić information content (AvgIpc) is 3.34. The van der Waals surface area contributed by atoms with E-state index in [9.17, 15) is 4.79 Å². The zero-order chi connectivity index (χ0) is 17.8. The predicted molar refractivity (Wildman–Crippen MR) is 106 cm³/mol. The third-order valence-corrected chi connectivity index (χ3v) is 5.45. The first-order chi connectivity index (χ1) is 12.8. The Morgan fingerprint density at radius 1 is 1.08 bits per heavy atom. The van der Waals surface area contributed by atoms with Gasteiger partial charge in [0.1, 0.15) is 10.8 Å². The van der Waals surface area contributed by atoms with Crippen LogP contribution in [-0.4, -0.2) is 35.5 Å². The van der Waals surface area contributed by atoms with Crippen molar-refractivity contribution in [3.63, 3.8) is 0 Å². The van der Waals surface area contributed by atoms with Crippen molar-refractivity contribution < 1.29 is 9.53 Å². The second kappa shape index (κ2) is 7.70. The van der Waals surface area contributed by atoms with Crippen molar-refractivity contribution in [2.75, 3.05) is 19.7 Å². The molecular formula is C21H20N2O2S. The van der Waals surface area contributed by atoms with E-state index in [0.29, 0.717) is 0 Å². The van der Waals surface area contributed by atoms with Gasteiger partial charge in [-0.1, -0.05) is 30.3 Å². The molecule has 1 aliphatic heterocycles. The molecule has 1 fully saturated rings. The Morgan fingerprint density at radius 2 is 1.85 bits per heavy atom. The molecule has 4 rings (SSSR count). The maximum atomic E-state index is 12.2. The highest BCUT2D eigenvalue weighted by Crippen LogP contribution is 2.25. The first-order valence-corrected chi connectivity index (χ1v) is 9.64. The number of thiazole rings is 1. The molecule has 4 nitrogen and oxygen atoms in total. The van der Waals surface area contributed by atoms with Gasteiger partial charge >= 0.3 is 0 Å². The van der Waals surface area contributed by atoms with Gasteiger partial charge in [0.2, 0.25) is 0 Å². The molecular weight excluding hydrogens is 344 g/mol. The summed E-state index contributed by atoms with van der Waals surface area (Å²) in [6.07, 6.45) is 6.17. The van der Waals surface area contributed by atoms with Crippen LogP contribution in [-0.2, 0) is 4.79 Å². The largest absolute Gasteiger partial charge is 0.483 e. The van der Waals surface area contributed by atoms with E-state index >= 15 is 0 Å². The van der Waals surface area contributed by atoms with Crippen LogP contribution < -0.4 is 4.74 Å². The van der Waals surface area contributed by atoms with E-state index < -0.39 is 0 Å². The molecule has 0 saturated carbocycles. The molecule has 0 radical (unpaired) electrons. The van der Waals surface area contributed by atoms with Gasteiger partial charge < -0.3 is 9.64 Å². The fourth-order valence-electron chi connectivity index (χ4n) is 3.07. The Bertz CT molecular complexity index is 909. The summed E-state index contributed by atoms with van der Waals surface area (Å²) in [5.74, 6) is 0.782. The molecule has 132 valence electrons. The minimum Gasteiger partial charge on any atom is -0.483 e. The highest BCUT2D eigenvalue weighted by Gasteiger charge is 2.18. The molecule has 0 unspecified atom stereocenters. The Morgan fingerprint density at radius 3 is 2.69 bits per heavy atom. The SMILES string of the molecule is O=C(COc1ccccc1C=Cc1nc2ccccc2s1)N1CCCC1. The number of carbonyl (C=O) groups is 1. The van der Waals surface area contributed by atoms with Crippen molar-refractivity contribution in [3.05, 3.63) is 59.1 Å². The number of benzene rings is 2. The first kappa shape index (κ1) is 16.8. The molecule has 0 spiro atoms. The quantitative estimate of drug-likeness (QED) is 0.671. The summed E-state index contributed by atoms with van der Waals surface area (Å²) in [5.41, 5.74) is 1.96. The molecule has 26 heavy (non-hydrogen) atoms. The van der Waals surface area contributed by atoms with Crippen molar-refractivity contribution in [1.82, 2.24) is 9.88 Å². The van der Waals surface area contributed by atoms with E-state index in [2.05, 4.69) is 11.1 Å². The number of aromatic nitrogens is 1. The van der Waals surface area contributed by atoms with E-state index in [1.165, 1.54) is 4.70 Å². The average molecular weight is 364 g/mol. The molecule has 0 aliphatic carbocycles. The Kier molecular flexibility index (Phi) is 4.97. The zero-order valence-corrected chi connectivity index (χ0v) is 15.2. The minimum absolute atomic E-state index is 0.0625. The van der Waals surface area contributed by atoms with Crippen LogP contribution in [0.3, 0.4) is 0 Å². The van der Waals surface area contributed by atoms with Gasteiger partial charge in [0.15, 0.2) is 6.61 Å². The van der Waals surface area contributed by atoms with Crippen LogP contribution in [0, 0.1) is 0 Å². The topological polar surface area (TPSA) is 42.4 Å². The number of hydrogen-bond acceptors (Lipinski definition) is 4. The Hall–Kier alpha value is -2.66.